The average molecular weight is 343 g/mol. The third-order valence-electron chi connectivity index (χ3n) is 5.76. The van der Waals surface area contributed by atoms with Gasteiger partial charge in [-0.3, -0.25) is 4.79 Å². The van der Waals surface area contributed by atoms with Crippen LogP contribution in [0.25, 0.3) is 0 Å². The van der Waals surface area contributed by atoms with E-state index >= 15 is 0 Å². The molecule has 1 fully saturated rings. The lowest BCUT2D eigenvalue weighted by atomic mass is 9.78. The lowest BCUT2D eigenvalue weighted by molar-refractivity contribution is -0.137. The van der Waals surface area contributed by atoms with Gasteiger partial charge in [-0.05, 0) is 37.0 Å². The number of aliphatic carboxylic acids is 1. The van der Waals surface area contributed by atoms with Crippen molar-refractivity contribution in [3.8, 4) is 0 Å². The van der Waals surface area contributed by atoms with E-state index in [0.29, 0.717) is 12.3 Å². The van der Waals surface area contributed by atoms with Gasteiger partial charge in [0.05, 0.1) is 12.2 Å². The number of hydrogen-bond acceptors (Lipinski definition) is 3. The summed E-state index contributed by atoms with van der Waals surface area (Å²) in [4.78, 5) is 10.5. The van der Waals surface area contributed by atoms with Crippen molar-refractivity contribution < 1.29 is 20.1 Å². The number of rotatable bonds is 13. The van der Waals surface area contributed by atoms with Gasteiger partial charge in [0, 0.05) is 6.42 Å². The van der Waals surface area contributed by atoms with Crippen LogP contribution in [0.2, 0.25) is 0 Å². The van der Waals surface area contributed by atoms with E-state index in [0.717, 1.165) is 38.5 Å². The Kier molecular flexibility index (Phi) is 10.6. The minimum absolute atomic E-state index is 0.209. The van der Waals surface area contributed by atoms with Crippen LogP contribution in [0.5, 0.6) is 0 Å². The third kappa shape index (κ3) is 7.52. The van der Waals surface area contributed by atoms with Gasteiger partial charge in [-0.2, -0.15) is 0 Å². The van der Waals surface area contributed by atoms with Crippen molar-refractivity contribution in [3.05, 3.63) is 0 Å². The number of hydrogen-bond donors (Lipinski definition) is 3. The molecule has 0 aliphatic heterocycles. The molecule has 1 aliphatic rings. The lowest BCUT2D eigenvalue weighted by Gasteiger charge is -2.29. The molecule has 3 N–H and O–H groups in total. The molecule has 5 atom stereocenters. The summed E-state index contributed by atoms with van der Waals surface area (Å²) in [5, 5.41) is 29.4. The molecular formula is C20H38O4. The normalized spacial score (nSPS) is 28.2. The van der Waals surface area contributed by atoms with Crippen LogP contribution >= 0.6 is 0 Å². The molecule has 0 bridgehead atoms. The Labute approximate surface area is 147 Å². The molecule has 0 heterocycles. The standard InChI is InChI=1S/C20H38O4/c1-3-4-5-8-11-15(2)20-16(17(21)14-18(20)22)12-9-6-7-10-13-19(23)24/h15-18,20-22H,3-14H2,1-2H3,(H,23,24). The summed E-state index contributed by atoms with van der Waals surface area (Å²) in [6.07, 6.45) is 10.9. The summed E-state index contributed by atoms with van der Waals surface area (Å²) in [6.45, 7) is 4.45. The zero-order valence-electron chi connectivity index (χ0n) is 15.6. The highest BCUT2D eigenvalue weighted by atomic mass is 16.4. The van der Waals surface area contributed by atoms with Gasteiger partial charge in [-0.1, -0.05) is 65.2 Å². The van der Waals surface area contributed by atoms with E-state index in [9.17, 15) is 15.0 Å². The Hall–Kier alpha value is -0.610. The second-order valence-electron chi connectivity index (χ2n) is 7.78. The highest BCUT2D eigenvalue weighted by molar-refractivity contribution is 5.66. The fourth-order valence-electron chi connectivity index (χ4n) is 4.40. The third-order valence-corrected chi connectivity index (χ3v) is 5.76. The molecule has 0 saturated heterocycles. The number of carboxylic acid groups (broad SMARTS) is 1. The quantitative estimate of drug-likeness (QED) is 0.434. The molecule has 1 saturated carbocycles. The van der Waals surface area contributed by atoms with Gasteiger partial charge in [0.1, 0.15) is 0 Å². The maximum absolute atomic E-state index is 10.5. The molecule has 1 rings (SSSR count). The van der Waals surface area contributed by atoms with Crippen molar-refractivity contribution in [2.45, 2.75) is 103 Å². The first kappa shape index (κ1) is 21.4. The molecule has 0 aromatic carbocycles. The van der Waals surface area contributed by atoms with Gasteiger partial charge >= 0.3 is 5.97 Å². The minimum Gasteiger partial charge on any atom is -0.481 e. The highest BCUT2D eigenvalue weighted by Crippen LogP contribution is 2.42. The smallest absolute Gasteiger partial charge is 0.303 e. The second-order valence-corrected chi connectivity index (χ2v) is 7.78. The number of carboxylic acids is 1. The van der Waals surface area contributed by atoms with E-state index < -0.39 is 5.97 Å². The first-order valence-electron chi connectivity index (χ1n) is 10.0. The summed E-state index contributed by atoms with van der Waals surface area (Å²) in [7, 11) is 0. The molecular weight excluding hydrogens is 304 g/mol. The molecule has 0 aromatic rings. The first-order chi connectivity index (χ1) is 11.5. The van der Waals surface area contributed by atoms with Crippen molar-refractivity contribution in [1.82, 2.24) is 0 Å². The number of aliphatic hydroxyl groups excluding tert-OH is 2. The van der Waals surface area contributed by atoms with Crippen LogP contribution < -0.4 is 0 Å². The number of aliphatic hydroxyl groups is 2. The van der Waals surface area contributed by atoms with E-state index in [1.54, 1.807) is 0 Å². The Morgan fingerprint density at radius 1 is 1.00 bits per heavy atom. The van der Waals surface area contributed by atoms with Crippen LogP contribution in [0.15, 0.2) is 0 Å². The number of unbranched alkanes of at least 4 members (excludes halogenated alkanes) is 6. The Balaban J connectivity index is 2.34. The van der Waals surface area contributed by atoms with Crippen LogP contribution in [0.3, 0.4) is 0 Å². The van der Waals surface area contributed by atoms with E-state index in [4.69, 9.17) is 5.11 Å². The molecule has 142 valence electrons. The van der Waals surface area contributed by atoms with Crippen molar-refractivity contribution in [2.24, 2.45) is 17.8 Å². The summed E-state index contributed by atoms with van der Waals surface area (Å²) in [5.74, 6) is 0.175. The van der Waals surface area contributed by atoms with Gasteiger partial charge in [0.25, 0.3) is 0 Å². The molecule has 4 heteroatoms. The Morgan fingerprint density at radius 2 is 1.67 bits per heavy atom. The molecule has 24 heavy (non-hydrogen) atoms. The molecule has 5 unspecified atom stereocenters. The van der Waals surface area contributed by atoms with Gasteiger partial charge in [0.15, 0.2) is 0 Å². The molecule has 0 spiro atoms. The van der Waals surface area contributed by atoms with Crippen molar-refractivity contribution in [2.75, 3.05) is 0 Å². The van der Waals surface area contributed by atoms with Gasteiger partial charge in [-0.15, -0.1) is 0 Å². The first-order valence-corrected chi connectivity index (χ1v) is 10.0. The highest BCUT2D eigenvalue weighted by Gasteiger charge is 2.43. The monoisotopic (exact) mass is 342 g/mol. The Bertz CT molecular complexity index is 345. The maximum atomic E-state index is 10.5. The van der Waals surface area contributed by atoms with E-state index in [1.165, 1.54) is 25.7 Å². The Morgan fingerprint density at radius 3 is 2.33 bits per heavy atom. The minimum atomic E-state index is -0.721. The number of carbonyl (C=O) groups is 1. The predicted molar refractivity (Wildman–Crippen MR) is 96.9 cm³/mol. The largest absolute Gasteiger partial charge is 0.481 e. The van der Waals surface area contributed by atoms with Crippen molar-refractivity contribution in [3.63, 3.8) is 0 Å². The topological polar surface area (TPSA) is 77.8 Å². The van der Waals surface area contributed by atoms with Gasteiger partial charge in [-0.25, -0.2) is 0 Å². The predicted octanol–water partition coefficient (Wildman–Crippen LogP) is 4.38. The molecule has 1 aliphatic carbocycles. The maximum Gasteiger partial charge on any atom is 0.303 e. The summed E-state index contributed by atoms with van der Waals surface area (Å²) < 4.78 is 0. The molecule has 4 nitrogen and oxygen atoms in total. The molecule has 0 amide bonds. The average Bonchev–Trinajstić information content (AvgIpc) is 2.80. The zero-order valence-corrected chi connectivity index (χ0v) is 15.6. The fraction of sp³-hybridized carbons (Fsp3) is 0.950. The van der Waals surface area contributed by atoms with Gasteiger partial charge < -0.3 is 15.3 Å². The van der Waals surface area contributed by atoms with Crippen molar-refractivity contribution >= 4 is 5.97 Å². The van der Waals surface area contributed by atoms with E-state index in [2.05, 4.69) is 13.8 Å². The van der Waals surface area contributed by atoms with Gasteiger partial charge in [0.2, 0.25) is 0 Å². The van der Waals surface area contributed by atoms with Crippen molar-refractivity contribution in [1.29, 1.82) is 0 Å². The molecule has 0 aromatic heterocycles. The molecule has 0 radical (unpaired) electrons. The second kappa shape index (κ2) is 11.9. The zero-order chi connectivity index (χ0) is 17.9. The fourth-order valence-corrected chi connectivity index (χ4v) is 4.40. The summed E-state index contributed by atoms with van der Waals surface area (Å²) >= 11 is 0. The van der Waals surface area contributed by atoms with Crippen LogP contribution in [-0.2, 0) is 4.79 Å². The SMILES string of the molecule is CCCCCCC(C)C1C(O)CC(O)C1CCCCCCC(=O)O. The summed E-state index contributed by atoms with van der Waals surface area (Å²) in [5.41, 5.74) is 0. The van der Waals surface area contributed by atoms with Crippen LogP contribution in [0.1, 0.15) is 90.9 Å². The van der Waals surface area contributed by atoms with Crippen LogP contribution in [-0.4, -0.2) is 33.5 Å². The van der Waals surface area contributed by atoms with Crippen LogP contribution in [0.4, 0.5) is 0 Å². The summed E-state index contributed by atoms with van der Waals surface area (Å²) in [6, 6.07) is 0. The van der Waals surface area contributed by atoms with E-state index in [1.807, 2.05) is 0 Å². The van der Waals surface area contributed by atoms with Crippen LogP contribution in [0, 0.1) is 17.8 Å². The lowest BCUT2D eigenvalue weighted by Crippen LogP contribution is -2.28. The van der Waals surface area contributed by atoms with E-state index in [-0.39, 0.29) is 30.5 Å².